The Morgan fingerprint density at radius 1 is 1.15 bits per heavy atom. The van der Waals surface area contributed by atoms with Crippen LogP contribution in [-0.4, -0.2) is 32.6 Å². The molecule has 3 rings (SSSR count). The molecule has 1 fully saturated rings. The SMILES string of the molecule is CC(C)(C)c1ccc(C(=O)Nc2nc(O)c(O)c(C3CCCCN3)n2)cc1. The first-order chi connectivity index (χ1) is 12.8. The number of aromatic hydroxyl groups is 2. The topological polar surface area (TPSA) is 107 Å². The second-order valence-corrected chi connectivity index (χ2v) is 7.89. The lowest BCUT2D eigenvalue weighted by Gasteiger charge is -2.23. The number of anilines is 1. The Morgan fingerprint density at radius 2 is 1.85 bits per heavy atom. The molecule has 0 saturated carbocycles. The van der Waals surface area contributed by atoms with Crippen LogP contribution in [0.1, 0.15) is 67.7 Å². The van der Waals surface area contributed by atoms with E-state index >= 15 is 0 Å². The normalized spacial score (nSPS) is 17.5. The highest BCUT2D eigenvalue weighted by atomic mass is 16.3. The van der Waals surface area contributed by atoms with Crippen LogP contribution in [0.5, 0.6) is 11.6 Å². The summed E-state index contributed by atoms with van der Waals surface area (Å²) in [5, 5.41) is 25.9. The molecule has 27 heavy (non-hydrogen) atoms. The first kappa shape index (κ1) is 19.1. The van der Waals surface area contributed by atoms with E-state index in [1.165, 1.54) is 0 Å². The predicted molar refractivity (Wildman–Crippen MR) is 103 cm³/mol. The second-order valence-electron chi connectivity index (χ2n) is 7.89. The van der Waals surface area contributed by atoms with Gasteiger partial charge in [0, 0.05) is 5.56 Å². The zero-order chi connectivity index (χ0) is 19.6. The van der Waals surface area contributed by atoms with Crippen molar-refractivity contribution in [3.8, 4) is 11.6 Å². The number of aromatic nitrogens is 2. The Kier molecular flexibility index (Phi) is 5.32. The largest absolute Gasteiger partial charge is 0.502 e. The highest BCUT2D eigenvalue weighted by molar-refractivity contribution is 6.03. The maximum atomic E-state index is 12.5. The van der Waals surface area contributed by atoms with E-state index in [1.54, 1.807) is 12.1 Å². The quantitative estimate of drug-likeness (QED) is 0.661. The average molecular weight is 370 g/mol. The fourth-order valence-electron chi connectivity index (χ4n) is 3.14. The van der Waals surface area contributed by atoms with Gasteiger partial charge in [-0.3, -0.25) is 10.1 Å². The molecule has 2 aromatic rings. The summed E-state index contributed by atoms with van der Waals surface area (Å²) in [6, 6.07) is 7.16. The third-order valence-electron chi connectivity index (χ3n) is 4.77. The molecule has 1 aromatic heterocycles. The zero-order valence-electron chi connectivity index (χ0n) is 15.9. The lowest BCUT2D eigenvalue weighted by Crippen LogP contribution is -2.28. The van der Waals surface area contributed by atoms with Gasteiger partial charge in [0.1, 0.15) is 5.69 Å². The maximum Gasteiger partial charge on any atom is 0.259 e. The molecule has 0 radical (unpaired) electrons. The van der Waals surface area contributed by atoms with E-state index in [2.05, 4.69) is 41.4 Å². The third-order valence-corrected chi connectivity index (χ3v) is 4.77. The number of amides is 1. The van der Waals surface area contributed by atoms with Gasteiger partial charge in [-0.25, -0.2) is 4.98 Å². The van der Waals surface area contributed by atoms with Crippen LogP contribution in [0.4, 0.5) is 5.95 Å². The average Bonchev–Trinajstić information content (AvgIpc) is 2.64. The van der Waals surface area contributed by atoms with Crippen LogP contribution in [0.3, 0.4) is 0 Å². The molecule has 1 amide bonds. The smallest absolute Gasteiger partial charge is 0.259 e. The Hall–Kier alpha value is -2.67. The van der Waals surface area contributed by atoms with Crippen molar-refractivity contribution in [1.82, 2.24) is 15.3 Å². The van der Waals surface area contributed by atoms with Crippen molar-refractivity contribution < 1.29 is 15.0 Å². The summed E-state index contributed by atoms with van der Waals surface area (Å²) in [6.07, 6.45) is 2.86. The minimum absolute atomic E-state index is 0.00274. The van der Waals surface area contributed by atoms with Gasteiger partial charge < -0.3 is 15.5 Å². The molecule has 0 aliphatic carbocycles. The highest BCUT2D eigenvalue weighted by Gasteiger charge is 2.24. The summed E-state index contributed by atoms with van der Waals surface area (Å²) in [5.41, 5.74) is 1.91. The van der Waals surface area contributed by atoms with E-state index in [0.717, 1.165) is 31.4 Å². The van der Waals surface area contributed by atoms with E-state index in [-0.39, 0.29) is 29.1 Å². The molecule has 1 saturated heterocycles. The summed E-state index contributed by atoms with van der Waals surface area (Å²) in [7, 11) is 0. The standard InChI is InChI=1S/C20H26N4O3/c1-20(2,3)13-9-7-12(8-10-13)17(26)23-19-22-15(16(25)18(27)24-19)14-6-4-5-11-21-14/h7-10,14,21,25H,4-6,11H2,1-3H3,(H2,22,23,24,26,27). The van der Waals surface area contributed by atoms with Crippen molar-refractivity contribution in [2.45, 2.75) is 51.5 Å². The van der Waals surface area contributed by atoms with Gasteiger partial charge in [-0.05, 0) is 42.5 Å². The number of piperidine rings is 1. The number of hydrogen-bond acceptors (Lipinski definition) is 6. The Morgan fingerprint density at radius 3 is 2.44 bits per heavy atom. The number of carbonyl (C=O) groups is 1. The van der Waals surface area contributed by atoms with Gasteiger partial charge in [0.05, 0.1) is 6.04 Å². The van der Waals surface area contributed by atoms with Gasteiger partial charge in [-0.15, -0.1) is 0 Å². The molecule has 4 N–H and O–H groups in total. The minimum atomic E-state index is -0.536. The summed E-state index contributed by atoms with van der Waals surface area (Å²) in [4.78, 5) is 20.6. The van der Waals surface area contributed by atoms with Gasteiger partial charge in [-0.1, -0.05) is 39.3 Å². The molecular formula is C20H26N4O3. The van der Waals surface area contributed by atoms with Crippen LogP contribution >= 0.6 is 0 Å². The molecule has 7 heteroatoms. The predicted octanol–water partition coefficient (Wildman–Crippen LogP) is 3.25. The van der Waals surface area contributed by atoms with E-state index < -0.39 is 5.88 Å². The number of nitrogens with zero attached hydrogens (tertiary/aromatic N) is 2. The molecule has 7 nitrogen and oxygen atoms in total. The zero-order valence-corrected chi connectivity index (χ0v) is 15.9. The molecule has 144 valence electrons. The van der Waals surface area contributed by atoms with Crippen molar-refractivity contribution >= 4 is 11.9 Å². The molecule has 0 bridgehead atoms. The molecule has 1 aliphatic heterocycles. The summed E-state index contributed by atoms with van der Waals surface area (Å²) in [5.74, 6) is -1.28. The number of rotatable bonds is 3. The van der Waals surface area contributed by atoms with Gasteiger partial charge in [0.2, 0.25) is 11.7 Å². The maximum absolute atomic E-state index is 12.5. The Bertz CT molecular complexity index is 822. The van der Waals surface area contributed by atoms with Gasteiger partial charge in [0.15, 0.2) is 0 Å². The first-order valence-electron chi connectivity index (χ1n) is 9.21. The number of carbonyl (C=O) groups excluding carboxylic acids is 1. The monoisotopic (exact) mass is 370 g/mol. The molecule has 1 aromatic carbocycles. The summed E-state index contributed by atoms with van der Waals surface area (Å²) in [6.45, 7) is 7.14. The van der Waals surface area contributed by atoms with Crippen LogP contribution in [0.2, 0.25) is 0 Å². The van der Waals surface area contributed by atoms with Crippen LogP contribution < -0.4 is 10.6 Å². The van der Waals surface area contributed by atoms with Crippen molar-refractivity contribution in [1.29, 1.82) is 0 Å². The van der Waals surface area contributed by atoms with Crippen molar-refractivity contribution in [2.75, 3.05) is 11.9 Å². The van der Waals surface area contributed by atoms with Crippen LogP contribution in [-0.2, 0) is 5.41 Å². The molecule has 1 unspecified atom stereocenters. The molecule has 1 aliphatic rings. The van der Waals surface area contributed by atoms with Crippen LogP contribution in [0.15, 0.2) is 24.3 Å². The number of benzene rings is 1. The van der Waals surface area contributed by atoms with Crippen molar-refractivity contribution in [3.63, 3.8) is 0 Å². The van der Waals surface area contributed by atoms with Gasteiger partial charge in [0.25, 0.3) is 11.8 Å². The summed E-state index contributed by atoms with van der Waals surface area (Å²) < 4.78 is 0. The third kappa shape index (κ3) is 4.36. The van der Waals surface area contributed by atoms with Crippen LogP contribution in [0, 0.1) is 0 Å². The van der Waals surface area contributed by atoms with Crippen LogP contribution in [0.25, 0.3) is 0 Å². The fourth-order valence-corrected chi connectivity index (χ4v) is 3.14. The second kappa shape index (κ2) is 7.52. The lowest BCUT2D eigenvalue weighted by atomic mass is 9.87. The number of nitrogens with one attached hydrogen (secondary N) is 2. The molecule has 1 atom stereocenters. The van der Waals surface area contributed by atoms with E-state index in [1.807, 2.05) is 12.1 Å². The van der Waals surface area contributed by atoms with E-state index in [4.69, 9.17) is 0 Å². The van der Waals surface area contributed by atoms with Crippen molar-refractivity contribution in [2.24, 2.45) is 0 Å². The van der Waals surface area contributed by atoms with Gasteiger partial charge >= 0.3 is 0 Å². The number of hydrogen-bond donors (Lipinski definition) is 4. The van der Waals surface area contributed by atoms with Gasteiger partial charge in [-0.2, -0.15) is 4.98 Å². The Balaban J connectivity index is 1.80. The van der Waals surface area contributed by atoms with E-state index in [0.29, 0.717) is 11.3 Å². The van der Waals surface area contributed by atoms with E-state index in [9.17, 15) is 15.0 Å². The first-order valence-corrected chi connectivity index (χ1v) is 9.21. The summed E-state index contributed by atoms with van der Waals surface area (Å²) >= 11 is 0. The Labute approximate surface area is 158 Å². The lowest BCUT2D eigenvalue weighted by molar-refractivity contribution is 0.102. The molecular weight excluding hydrogens is 344 g/mol. The fraction of sp³-hybridized carbons (Fsp3) is 0.450. The molecule has 0 spiro atoms. The van der Waals surface area contributed by atoms with Crippen molar-refractivity contribution in [3.05, 3.63) is 41.1 Å². The molecule has 2 heterocycles. The highest BCUT2D eigenvalue weighted by Crippen LogP contribution is 2.34. The minimum Gasteiger partial charge on any atom is -0.502 e.